The Morgan fingerprint density at radius 2 is 1.85 bits per heavy atom. The van der Waals surface area contributed by atoms with Crippen molar-refractivity contribution >= 4 is 21.6 Å². The summed E-state index contributed by atoms with van der Waals surface area (Å²) in [6.45, 7) is 1.79. The van der Waals surface area contributed by atoms with Gasteiger partial charge in [-0.15, -0.1) is 0 Å². The first kappa shape index (κ1) is 19.0. The van der Waals surface area contributed by atoms with E-state index >= 15 is 0 Å². The van der Waals surface area contributed by atoms with Crippen LogP contribution in [0.4, 0.5) is 5.69 Å². The molecule has 2 aromatic carbocycles. The van der Waals surface area contributed by atoms with Gasteiger partial charge >= 0.3 is 0 Å². The molecule has 0 unspecified atom stereocenters. The smallest absolute Gasteiger partial charge is 0.240 e. The zero-order valence-electron chi connectivity index (χ0n) is 15.1. The van der Waals surface area contributed by atoms with E-state index < -0.39 is 10.0 Å². The quantitative estimate of drug-likeness (QED) is 0.745. The number of rotatable bonds is 8. The van der Waals surface area contributed by atoms with E-state index in [1.165, 1.54) is 0 Å². The molecule has 2 aromatic rings. The molecule has 8 heteroatoms. The molecule has 0 fully saturated rings. The highest BCUT2D eigenvalue weighted by Crippen LogP contribution is 2.36. The van der Waals surface area contributed by atoms with E-state index in [0.717, 1.165) is 9.87 Å². The normalized spacial score (nSPS) is 12.6. The average Bonchev–Trinajstić information content (AvgIpc) is 3.14. The summed E-state index contributed by atoms with van der Waals surface area (Å²) in [7, 11) is -3.63. The zero-order valence-corrected chi connectivity index (χ0v) is 15.9. The summed E-state index contributed by atoms with van der Waals surface area (Å²) in [5.74, 6) is 0.549. The maximum absolute atomic E-state index is 12.5. The van der Waals surface area contributed by atoms with Crippen LogP contribution in [0.1, 0.15) is 12.5 Å². The van der Waals surface area contributed by atoms with Gasteiger partial charge in [0.2, 0.25) is 22.7 Å². The molecule has 7 nitrogen and oxygen atoms in total. The molecule has 27 heavy (non-hydrogen) atoms. The van der Waals surface area contributed by atoms with E-state index in [9.17, 15) is 13.2 Å². The zero-order chi connectivity index (χ0) is 19.3. The maximum Gasteiger partial charge on any atom is 0.240 e. The molecule has 0 atom stereocenters. The lowest BCUT2D eigenvalue weighted by Gasteiger charge is -2.23. The van der Waals surface area contributed by atoms with Crippen molar-refractivity contribution in [1.29, 1.82) is 0 Å². The molecular weight excluding hydrogens is 368 g/mol. The highest BCUT2D eigenvalue weighted by Gasteiger charge is 2.25. The third-order valence-electron chi connectivity index (χ3n) is 4.21. The minimum atomic E-state index is -3.63. The molecule has 1 heterocycles. The van der Waals surface area contributed by atoms with Crippen LogP contribution in [0.3, 0.4) is 0 Å². The monoisotopic (exact) mass is 390 g/mol. The Kier molecular flexibility index (Phi) is 5.85. The number of amides is 1. The number of sulfonamides is 1. The van der Waals surface area contributed by atoms with Gasteiger partial charge in [0.1, 0.15) is 6.54 Å². The molecule has 0 saturated carbocycles. The molecule has 0 saturated heterocycles. The van der Waals surface area contributed by atoms with Crippen LogP contribution in [-0.4, -0.2) is 40.0 Å². The summed E-state index contributed by atoms with van der Waals surface area (Å²) in [6.07, 6.45) is 0.678. The van der Waals surface area contributed by atoms with Crippen LogP contribution >= 0.6 is 0 Å². The molecule has 0 spiro atoms. The van der Waals surface area contributed by atoms with Gasteiger partial charge in [-0.05, 0) is 31.0 Å². The van der Waals surface area contributed by atoms with Crippen LogP contribution in [0.15, 0.2) is 48.5 Å². The number of nitrogens with one attached hydrogen (secondary N) is 1. The Balaban J connectivity index is 1.68. The fraction of sp³-hybridized carbons (Fsp3) is 0.316. The number of benzene rings is 2. The minimum absolute atomic E-state index is 0.0965. The first-order valence-electron chi connectivity index (χ1n) is 8.70. The maximum atomic E-state index is 12.5. The topological polar surface area (TPSA) is 84.9 Å². The van der Waals surface area contributed by atoms with Gasteiger partial charge in [0.25, 0.3) is 0 Å². The molecule has 0 aromatic heterocycles. The number of anilines is 1. The number of hydrogen-bond donors (Lipinski definition) is 1. The molecule has 144 valence electrons. The van der Waals surface area contributed by atoms with Gasteiger partial charge in [0.15, 0.2) is 11.5 Å². The summed E-state index contributed by atoms with van der Waals surface area (Å²) >= 11 is 0. The third kappa shape index (κ3) is 4.71. The van der Waals surface area contributed by atoms with Gasteiger partial charge in [-0.1, -0.05) is 30.3 Å². The third-order valence-corrected chi connectivity index (χ3v) is 5.95. The molecule has 1 N–H and O–H groups in total. The van der Waals surface area contributed by atoms with Crippen molar-refractivity contribution in [2.24, 2.45) is 0 Å². The van der Waals surface area contributed by atoms with E-state index in [0.29, 0.717) is 30.2 Å². The molecule has 3 rings (SSSR count). The number of carbonyl (C=O) groups is 1. The summed E-state index contributed by atoms with van der Waals surface area (Å²) in [6, 6.07) is 14.6. The van der Waals surface area contributed by atoms with Crippen LogP contribution in [-0.2, 0) is 21.2 Å². The van der Waals surface area contributed by atoms with Gasteiger partial charge in [-0.3, -0.25) is 9.10 Å². The highest BCUT2D eigenvalue weighted by molar-refractivity contribution is 7.92. The Bertz CT molecular complexity index is 900. The standard InChI is InChI=1S/C19H22N2O5S/c1-2-27(23,24)21(16-8-9-17-18(12-16)26-14-25-17)13-19(22)20-11-10-15-6-4-3-5-7-15/h3-9,12H,2,10-11,13-14H2,1H3,(H,20,22). The SMILES string of the molecule is CCS(=O)(=O)N(CC(=O)NCCc1ccccc1)c1ccc2c(c1)OCO2. The van der Waals surface area contributed by atoms with E-state index in [4.69, 9.17) is 9.47 Å². The van der Waals surface area contributed by atoms with Crippen molar-refractivity contribution in [3.05, 3.63) is 54.1 Å². The molecule has 0 bridgehead atoms. The van der Waals surface area contributed by atoms with Crippen molar-refractivity contribution in [2.75, 3.05) is 29.9 Å². The van der Waals surface area contributed by atoms with Crippen LogP contribution in [0.25, 0.3) is 0 Å². The Hall–Kier alpha value is -2.74. The molecule has 1 aliphatic heterocycles. The summed E-state index contributed by atoms with van der Waals surface area (Å²) < 4.78 is 36.7. The number of carbonyl (C=O) groups excluding carboxylic acids is 1. The van der Waals surface area contributed by atoms with Gasteiger partial charge < -0.3 is 14.8 Å². The molecule has 1 aliphatic rings. The lowest BCUT2D eigenvalue weighted by molar-refractivity contribution is -0.119. The molecule has 1 amide bonds. The average molecular weight is 390 g/mol. The number of fused-ring (bicyclic) bond motifs is 1. The van der Waals surface area contributed by atoms with Crippen molar-refractivity contribution in [3.8, 4) is 11.5 Å². The van der Waals surface area contributed by atoms with Crippen LogP contribution in [0.5, 0.6) is 11.5 Å². The van der Waals surface area contributed by atoms with E-state index in [2.05, 4.69) is 5.32 Å². The second-order valence-electron chi connectivity index (χ2n) is 6.03. The first-order chi connectivity index (χ1) is 13.0. The summed E-state index contributed by atoms with van der Waals surface area (Å²) in [5.41, 5.74) is 1.48. The number of nitrogens with zero attached hydrogens (tertiary/aromatic N) is 1. The number of hydrogen-bond acceptors (Lipinski definition) is 5. The minimum Gasteiger partial charge on any atom is -0.454 e. The summed E-state index contributed by atoms with van der Waals surface area (Å²) in [4.78, 5) is 12.3. The summed E-state index contributed by atoms with van der Waals surface area (Å²) in [5, 5.41) is 2.78. The van der Waals surface area contributed by atoms with Gasteiger partial charge in [0.05, 0.1) is 11.4 Å². The lowest BCUT2D eigenvalue weighted by atomic mass is 10.1. The molecule has 0 aliphatic carbocycles. The van der Waals surface area contributed by atoms with Crippen LogP contribution < -0.4 is 19.1 Å². The largest absolute Gasteiger partial charge is 0.454 e. The lowest BCUT2D eigenvalue weighted by Crippen LogP contribution is -2.42. The number of ether oxygens (including phenoxy) is 2. The van der Waals surface area contributed by atoms with Crippen molar-refractivity contribution in [2.45, 2.75) is 13.3 Å². The predicted octanol–water partition coefficient (Wildman–Crippen LogP) is 1.93. The van der Waals surface area contributed by atoms with Gasteiger partial charge in [0, 0.05) is 12.6 Å². The first-order valence-corrected chi connectivity index (χ1v) is 10.3. The Labute approximate surface area is 158 Å². The Morgan fingerprint density at radius 1 is 1.11 bits per heavy atom. The van der Waals surface area contributed by atoms with E-state index in [-0.39, 0.29) is 25.0 Å². The second kappa shape index (κ2) is 8.30. The fourth-order valence-corrected chi connectivity index (χ4v) is 3.78. The molecular formula is C19H22N2O5S. The van der Waals surface area contributed by atoms with Crippen molar-refractivity contribution in [3.63, 3.8) is 0 Å². The van der Waals surface area contributed by atoms with Crippen molar-refractivity contribution in [1.82, 2.24) is 5.32 Å². The van der Waals surface area contributed by atoms with Crippen LogP contribution in [0, 0.1) is 0 Å². The van der Waals surface area contributed by atoms with E-state index in [1.54, 1.807) is 25.1 Å². The highest BCUT2D eigenvalue weighted by atomic mass is 32.2. The fourth-order valence-electron chi connectivity index (χ4n) is 2.72. The van der Waals surface area contributed by atoms with E-state index in [1.807, 2.05) is 30.3 Å². The van der Waals surface area contributed by atoms with Crippen molar-refractivity contribution < 1.29 is 22.7 Å². The predicted molar refractivity (Wildman–Crippen MR) is 103 cm³/mol. The van der Waals surface area contributed by atoms with Gasteiger partial charge in [-0.25, -0.2) is 8.42 Å². The second-order valence-corrected chi connectivity index (χ2v) is 8.21. The Morgan fingerprint density at radius 3 is 2.59 bits per heavy atom. The van der Waals surface area contributed by atoms with Gasteiger partial charge in [-0.2, -0.15) is 0 Å². The van der Waals surface area contributed by atoms with Crippen LogP contribution in [0.2, 0.25) is 0 Å². The molecule has 0 radical (unpaired) electrons.